The zero-order valence-corrected chi connectivity index (χ0v) is 10.7. The molecule has 1 heterocycles. The van der Waals surface area contributed by atoms with E-state index in [0.29, 0.717) is 6.42 Å². The van der Waals surface area contributed by atoms with Crippen LogP contribution in [0.4, 0.5) is 0 Å². The van der Waals surface area contributed by atoms with Crippen LogP contribution in [0.25, 0.3) is 0 Å². The highest BCUT2D eigenvalue weighted by atomic mass is 32.2. The molecule has 2 rings (SSSR count). The number of hydrogen-bond donors (Lipinski definition) is 0. The Morgan fingerprint density at radius 2 is 1.82 bits per heavy atom. The molecule has 0 saturated heterocycles. The third-order valence-electron chi connectivity index (χ3n) is 2.20. The van der Waals surface area contributed by atoms with Gasteiger partial charge in [-0.15, -0.1) is 11.3 Å². The van der Waals surface area contributed by atoms with E-state index < -0.39 is 10.1 Å². The molecule has 0 aliphatic carbocycles. The molecular formula is C12H12O3S2. The van der Waals surface area contributed by atoms with Crippen molar-refractivity contribution in [2.45, 2.75) is 11.3 Å². The summed E-state index contributed by atoms with van der Waals surface area (Å²) in [6.07, 6.45) is 0.615. The minimum Gasteiger partial charge on any atom is -0.266 e. The molecule has 0 aliphatic rings. The summed E-state index contributed by atoms with van der Waals surface area (Å²) in [5, 5.41) is 1.96. The van der Waals surface area contributed by atoms with E-state index in [9.17, 15) is 8.42 Å². The SMILES string of the molecule is O=S(=O)(OCCc1cccs1)c1ccccc1. The highest BCUT2D eigenvalue weighted by Crippen LogP contribution is 2.13. The Morgan fingerprint density at radius 3 is 2.47 bits per heavy atom. The second kappa shape index (κ2) is 5.44. The topological polar surface area (TPSA) is 43.4 Å². The third-order valence-corrected chi connectivity index (χ3v) is 4.46. The van der Waals surface area contributed by atoms with E-state index in [4.69, 9.17) is 4.18 Å². The molecule has 0 fully saturated rings. The van der Waals surface area contributed by atoms with Crippen molar-refractivity contribution in [1.29, 1.82) is 0 Å². The quantitative estimate of drug-likeness (QED) is 0.783. The first-order chi connectivity index (χ1) is 8.18. The number of rotatable bonds is 5. The molecule has 0 atom stereocenters. The molecule has 0 bridgehead atoms. The van der Waals surface area contributed by atoms with Crippen LogP contribution in [0.2, 0.25) is 0 Å². The van der Waals surface area contributed by atoms with Gasteiger partial charge in [0.15, 0.2) is 0 Å². The molecule has 2 aromatic rings. The van der Waals surface area contributed by atoms with Crippen LogP contribution in [-0.4, -0.2) is 15.0 Å². The van der Waals surface area contributed by atoms with E-state index in [1.807, 2.05) is 17.5 Å². The van der Waals surface area contributed by atoms with Gasteiger partial charge in [-0.05, 0) is 23.6 Å². The van der Waals surface area contributed by atoms with Crippen LogP contribution in [-0.2, 0) is 20.7 Å². The minimum absolute atomic E-state index is 0.178. The lowest BCUT2D eigenvalue weighted by Crippen LogP contribution is -2.08. The summed E-state index contributed by atoms with van der Waals surface area (Å²) >= 11 is 1.59. The molecule has 0 aliphatic heterocycles. The molecule has 17 heavy (non-hydrogen) atoms. The summed E-state index contributed by atoms with van der Waals surface area (Å²) in [6, 6.07) is 12.1. The summed E-state index contributed by atoms with van der Waals surface area (Å²) in [5.74, 6) is 0. The molecule has 0 amide bonds. The van der Waals surface area contributed by atoms with Crippen LogP contribution in [0.1, 0.15) is 4.88 Å². The maximum Gasteiger partial charge on any atom is 0.296 e. The summed E-state index contributed by atoms with van der Waals surface area (Å²) in [5.41, 5.74) is 0. The predicted molar refractivity (Wildman–Crippen MR) is 67.6 cm³/mol. The molecule has 0 spiro atoms. The van der Waals surface area contributed by atoms with Crippen LogP contribution in [0.3, 0.4) is 0 Å². The van der Waals surface area contributed by atoms with E-state index in [1.54, 1.807) is 29.5 Å². The van der Waals surface area contributed by atoms with Crippen molar-refractivity contribution in [2.24, 2.45) is 0 Å². The normalized spacial score (nSPS) is 11.5. The molecule has 1 aromatic heterocycles. The Kier molecular flexibility index (Phi) is 3.93. The fourth-order valence-electron chi connectivity index (χ4n) is 1.36. The highest BCUT2D eigenvalue weighted by molar-refractivity contribution is 7.86. The van der Waals surface area contributed by atoms with Gasteiger partial charge in [0, 0.05) is 11.3 Å². The van der Waals surface area contributed by atoms with Gasteiger partial charge in [0.2, 0.25) is 0 Å². The van der Waals surface area contributed by atoms with Gasteiger partial charge in [-0.25, -0.2) is 0 Å². The van der Waals surface area contributed by atoms with Crippen LogP contribution < -0.4 is 0 Å². The van der Waals surface area contributed by atoms with Crippen LogP contribution in [0, 0.1) is 0 Å². The Labute approximate surface area is 105 Å². The second-order valence-electron chi connectivity index (χ2n) is 3.42. The fraction of sp³-hybridized carbons (Fsp3) is 0.167. The van der Waals surface area contributed by atoms with Gasteiger partial charge in [-0.2, -0.15) is 8.42 Å². The predicted octanol–water partition coefficient (Wildman–Crippen LogP) is 2.70. The first-order valence-electron chi connectivity index (χ1n) is 5.15. The number of benzene rings is 1. The van der Waals surface area contributed by atoms with Crippen molar-refractivity contribution in [1.82, 2.24) is 0 Å². The maximum atomic E-state index is 11.7. The van der Waals surface area contributed by atoms with Gasteiger partial charge in [-0.1, -0.05) is 24.3 Å². The van der Waals surface area contributed by atoms with E-state index >= 15 is 0 Å². The van der Waals surface area contributed by atoms with Gasteiger partial charge in [0.05, 0.1) is 11.5 Å². The van der Waals surface area contributed by atoms with Crippen LogP contribution in [0.5, 0.6) is 0 Å². The Morgan fingerprint density at radius 1 is 1.06 bits per heavy atom. The van der Waals surface area contributed by atoms with Crippen molar-refractivity contribution >= 4 is 21.5 Å². The van der Waals surface area contributed by atoms with Crippen LogP contribution in [0.15, 0.2) is 52.7 Å². The molecule has 1 aromatic carbocycles. The van der Waals surface area contributed by atoms with Gasteiger partial charge >= 0.3 is 0 Å². The molecular weight excluding hydrogens is 256 g/mol. The smallest absolute Gasteiger partial charge is 0.266 e. The van der Waals surface area contributed by atoms with E-state index in [2.05, 4.69) is 0 Å². The van der Waals surface area contributed by atoms with Crippen LogP contribution >= 0.6 is 11.3 Å². The fourth-order valence-corrected chi connectivity index (χ4v) is 2.98. The van der Waals surface area contributed by atoms with E-state index in [1.165, 1.54) is 12.1 Å². The largest absolute Gasteiger partial charge is 0.296 e. The zero-order valence-electron chi connectivity index (χ0n) is 9.07. The summed E-state index contributed by atoms with van der Waals surface area (Å²) in [6.45, 7) is 0.178. The standard InChI is InChI=1S/C12H12O3S2/c13-17(14,12-6-2-1-3-7-12)15-9-8-11-5-4-10-16-11/h1-7,10H,8-9H2. The van der Waals surface area contributed by atoms with Crippen molar-refractivity contribution in [3.63, 3.8) is 0 Å². The zero-order chi connectivity index (χ0) is 12.1. The molecule has 3 nitrogen and oxygen atoms in total. The molecule has 0 radical (unpaired) electrons. The molecule has 0 saturated carbocycles. The first kappa shape index (κ1) is 12.3. The van der Waals surface area contributed by atoms with E-state index in [0.717, 1.165) is 4.88 Å². The lowest BCUT2D eigenvalue weighted by atomic mass is 10.4. The molecule has 0 N–H and O–H groups in total. The number of hydrogen-bond acceptors (Lipinski definition) is 4. The summed E-state index contributed by atoms with van der Waals surface area (Å²) in [4.78, 5) is 1.32. The highest BCUT2D eigenvalue weighted by Gasteiger charge is 2.13. The van der Waals surface area contributed by atoms with Crippen molar-refractivity contribution < 1.29 is 12.6 Å². The Balaban J connectivity index is 1.95. The third kappa shape index (κ3) is 3.39. The van der Waals surface area contributed by atoms with E-state index in [-0.39, 0.29) is 11.5 Å². The summed E-state index contributed by atoms with van der Waals surface area (Å²) < 4.78 is 28.5. The average molecular weight is 268 g/mol. The van der Waals surface area contributed by atoms with Gasteiger partial charge < -0.3 is 0 Å². The average Bonchev–Trinajstić information content (AvgIpc) is 2.83. The minimum atomic E-state index is -3.61. The van der Waals surface area contributed by atoms with Gasteiger partial charge in [0.1, 0.15) is 0 Å². The van der Waals surface area contributed by atoms with Crippen molar-refractivity contribution in [2.75, 3.05) is 6.61 Å². The Hall–Kier alpha value is -1.17. The monoisotopic (exact) mass is 268 g/mol. The van der Waals surface area contributed by atoms with Gasteiger partial charge in [0.25, 0.3) is 10.1 Å². The first-order valence-corrected chi connectivity index (χ1v) is 7.44. The molecule has 0 unspecified atom stereocenters. The number of thiophene rings is 1. The van der Waals surface area contributed by atoms with Gasteiger partial charge in [-0.3, -0.25) is 4.18 Å². The lowest BCUT2D eigenvalue weighted by Gasteiger charge is -2.04. The summed E-state index contributed by atoms with van der Waals surface area (Å²) in [7, 11) is -3.61. The Bertz CT molecular complexity index is 545. The van der Waals surface area contributed by atoms with Crippen molar-refractivity contribution in [3.8, 4) is 0 Å². The maximum absolute atomic E-state index is 11.7. The molecule has 5 heteroatoms. The van der Waals surface area contributed by atoms with Crippen molar-refractivity contribution in [3.05, 3.63) is 52.7 Å². The lowest BCUT2D eigenvalue weighted by molar-refractivity contribution is 0.323. The molecule has 90 valence electrons. The second-order valence-corrected chi connectivity index (χ2v) is 6.07.